The monoisotopic (exact) mass is 343 g/mol. The fourth-order valence-corrected chi connectivity index (χ4v) is 2.69. The Morgan fingerprint density at radius 2 is 2.04 bits per heavy atom. The first-order chi connectivity index (χ1) is 11.6. The van der Waals surface area contributed by atoms with Crippen LogP contribution in [0.25, 0.3) is 0 Å². The summed E-state index contributed by atoms with van der Waals surface area (Å²) in [5, 5.41) is 14.3. The summed E-state index contributed by atoms with van der Waals surface area (Å²) >= 11 is 1.51. The third kappa shape index (κ3) is 5.51. The summed E-state index contributed by atoms with van der Waals surface area (Å²) in [6.45, 7) is 1.81. The number of nitro benzene ring substituents is 1. The first-order valence-electron chi connectivity index (χ1n) is 7.29. The van der Waals surface area contributed by atoms with Crippen molar-refractivity contribution < 1.29 is 9.72 Å². The van der Waals surface area contributed by atoms with Gasteiger partial charge in [-0.05, 0) is 12.5 Å². The quantitative estimate of drug-likeness (QED) is 0.474. The lowest BCUT2D eigenvalue weighted by molar-refractivity contribution is -0.384. The number of benzene rings is 2. The number of carbonyl (C=O) groups is 1. The Morgan fingerprint density at radius 3 is 2.75 bits per heavy atom. The molecular formula is C17H17N3O3S. The smallest absolute Gasteiger partial charge is 0.270 e. The van der Waals surface area contributed by atoms with E-state index in [0.717, 1.165) is 11.3 Å². The fraction of sp³-hybridized carbons (Fsp3) is 0.176. The molecule has 0 aliphatic rings. The highest BCUT2D eigenvalue weighted by Gasteiger charge is 2.12. The van der Waals surface area contributed by atoms with E-state index in [4.69, 9.17) is 0 Å². The summed E-state index contributed by atoms with van der Waals surface area (Å²) in [6.07, 6.45) is 1.39. The number of hydrogen-bond donors (Lipinski definition) is 1. The summed E-state index contributed by atoms with van der Waals surface area (Å²) < 4.78 is 0. The van der Waals surface area contributed by atoms with Gasteiger partial charge in [-0.2, -0.15) is 5.10 Å². The fourth-order valence-electron chi connectivity index (χ4n) is 1.85. The molecule has 0 saturated carbocycles. The minimum atomic E-state index is -0.474. The Labute approximate surface area is 144 Å². The zero-order valence-corrected chi connectivity index (χ0v) is 13.9. The van der Waals surface area contributed by atoms with Gasteiger partial charge in [0.15, 0.2) is 0 Å². The van der Waals surface area contributed by atoms with Gasteiger partial charge in [0.05, 0.1) is 16.4 Å². The molecule has 6 nitrogen and oxygen atoms in total. The number of thioether (sulfide) groups is 1. The first-order valence-corrected chi connectivity index (χ1v) is 8.34. The first kappa shape index (κ1) is 17.7. The number of non-ortho nitro benzene ring substituents is 1. The lowest BCUT2D eigenvalue weighted by atomic mass is 10.2. The number of nitro groups is 1. The van der Waals surface area contributed by atoms with Gasteiger partial charge in [-0.25, -0.2) is 5.43 Å². The van der Waals surface area contributed by atoms with Crippen molar-refractivity contribution in [3.63, 3.8) is 0 Å². The number of hydrogen-bond acceptors (Lipinski definition) is 5. The van der Waals surface area contributed by atoms with Crippen molar-refractivity contribution >= 4 is 29.6 Å². The van der Waals surface area contributed by atoms with Crippen molar-refractivity contribution in [3.05, 3.63) is 75.8 Å². The van der Waals surface area contributed by atoms with Gasteiger partial charge < -0.3 is 0 Å². The molecule has 0 aromatic heterocycles. The van der Waals surface area contributed by atoms with E-state index in [1.165, 1.54) is 30.1 Å². The number of nitrogens with zero attached hydrogens (tertiary/aromatic N) is 2. The van der Waals surface area contributed by atoms with Crippen molar-refractivity contribution in [3.8, 4) is 0 Å². The molecule has 2 rings (SSSR count). The SMILES string of the molecule is C[C@@H](SCc1ccccc1)C(=O)N/N=C\c1cccc([N+](=O)[O-])c1. The van der Waals surface area contributed by atoms with Gasteiger partial charge in [0.1, 0.15) is 0 Å². The largest absolute Gasteiger partial charge is 0.272 e. The number of hydrazone groups is 1. The van der Waals surface area contributed by atoms with E-state index in [1.54, 1.807) is 12.1 Å². The number of carbonyl (C=O) groups excluding carboxylic acids is 1. The molecule has 1 N–H and O–H groups in total. The zero-order valence-electron chi connectivity index (χ0n) is 13.1. The average Bonchev–Trinajstić information content (AvgIpc) is 2.60. The predicted octanol–water partition coefficient (Wildman–Crippen LogP) is 3.37. The third-order valence-electron chi connectivity index (χ3n) is 3.18. The van der Waals surface area contributed by atoms with Crippen LogP contribution in [-0.2, 0) is 10.5 Å². The number of amides is 1. The van der Waals surface area contributed by atoms with Gasteiger partial charge >= 0.3 is 0 Å². The molecule has 1 amide bonds. The zero-order chi connectivity index (χ0) is 17.4. The van der Waals surface area contributed by atoms with E-state index in [0.29, 0.717) is 5.56 Å². The molecule has 124 valence electrons. The van der Waals surface area contributed by atoms with Gasteiger partial charge in [-0.1, -0.05) is 42.5 Å². The second kappa shape index (κ2) is 8.83. The molecule has 0 aliphatic heterocycles. The average molecular weight is 343 g/mol. The van der Waals surface area contributed by atoms with Crippen molar-refractivity contribution in [2.24, 2.45) is 5.10 Å². The number of rotatable bonds is 7. The maximum absolute atomic E-state index is 12.0. The van der Waals surface area contributed by atoms with Gasteiger partial charge in [-0.15, -0.1) is 11.8 Å². The highest BCUT2D eigenvalue weighted by atomic mass is 32.2. The van der Waals surface area contributed by atoms with Crippen LogP contribution in [0, 0.1) is 10.1 Å². The van der Waals surface area contributed by atoms with Gasteiger partial charge in [-0.3, -0.25) is 14.9 Å². The predicted molar refractivity (Wildman–Crippen MR) is 96.0 cm³/mol. The van der Waals surface area contributed by atoms with Crippen molar-refractivity contribution in [2.75, 3.05) is 0 Å². The molecule has 2 aromatic rings. The van der Waals surface area contributed by atoms with Crippen LogP contribution < -0.4 is 5.43 Å². The van der Waals surface area contributed by atoms with Gasteiger partial charge in [0, 0.05) is 23.4 Å². The molecule has 0 unspecified atom stereocenters. The van der Waals surface area contributed by atoms with Crippen molar-refractivity contribution in [1.82, 2.24) is 5.43 Å². The van der Waals surface area contributed by atoms with E-state index in [9.17, 15) is 14.9 Å². The Bertz CT molecular complexity index is 735. The maximum Gasteiger partial charge on any atom is 0.270 e. The topological polar surface area (TPSA) is 84.6 Å². The lowest BCUT2D eigenvalue weighted by Crippen LogP contribution is -2.27. The summed E-state index contributed by atoms with van der Waals surface area (Å²) in [4.78, 5) is 22.2. The molecule has 24 heavy (non-hydrogen) atoms. The van der Waals surface area contributed by atoms with Crippen LogP contribution >= 0.6 is 11.8 Å². The third-order valence-corrected chi connectivity index (χ3v) is 4.40. The Kier molecular flexibility index (Phi) is 6.51. The van der Waals surface area contributed by atoms with Crippen molar-refractivity contribution in [2.45, 2.75) is 17.9 Å². The molecule has 0 bridgehead atoms. The highest BCUT2D eigenvalue weighted by Crippen LogP contribution is 2.17. The summed E-state index contributed by atoms with van der Waals surface area (Å²) in [5.41, 5.74) is 4.14. The second-order valence-corrected chi connectivity index (χ2v) is 6.35. The van der Waals surface area contributed by atoms with Crippen LogP contribution in [0.5, 0.6) is 0 Å². The summed E-state index contributed by atoms with van der Waals surface area (Å²) in [5.74, 6) is 0.530. The summed E-state index contributed by atoms with van der Waals surface area (Å²) in [7, 11) is 0. The maximum atomic E-state index is 12.0. The molecule has 0 saturated heterocycles. The normalized spacial score (nSPS) is 12.0. The second-order valence-electron chi connectivity index (χ2n) is 5.03. The summed E-state index contributed by atoms with van der Waals surface area (Å²) in [6, 6.07) is 15.9. The van der Waals surface area contributed by atoms with Crippen LogP contribution in [0.2, 0.25) is 0 Å². The highest BCUT2D eigenvalue weighted by molar-refractivity contribution is 7.99. The van der Waals surface area contributed by atoms with Crippen LogP contribution in [0.3, 0.4) is 0 Å². The van der Waals surface area contributed by atoms with E-state index >= 15 is 0 Å². The van der Waals surface area contributed by atoms with E-state index in [1.807, 2.05) is 37.3 Å². The van der Waals surface area contributed by atoms with E-state index in [-0.39, 0.29) is 16.8 Å². The van der Waals surface area contributed by atoms with Gasteiger partial charge in [0.2, 0.25) is 0 Å². The van der Waals surface area contributed by atoms with E-state index in [2.05, 4.69) is 10.5 Å². The van der Waals surface area contributed by atoms with E-state index < -0.39 is 4.92 Å². The molecule has 0 fully saturated rings. The molecule has 2 aromatic carbocycles. The Hall–Kier alpha value is -2.67. The molecule has 0 aliphatic carbocycles. The van der Waals surface area contributed by atoms with Gasteiger partial charge in [0.25, 0.3) is 11.6 Å². The molecule has 7 heteroatoms. The molecule has 0 spiro atoms. The van der Waals surface area contributed by atoms with Crippen LogP contribution in [-0.4, -0.2) is 22.3 Å². The standard InChI is InChI=1S/C17H17N3O3S/c1-13(24-12-14-6-3-2-4-7-14)17(21)19-18-11-15-8-5-9-16(10-15)20(22)23/h2-11,13H,12H2,1H3,(H,19,21)/b18-11-/t13-/m1/s1. The Balaban J connectivity index is 1.83. The molecule has 0 heterocycles. The minimum absolute atomic E-state index is 0.0166. The van der Waals surface area contributed by atoms with Crippen LogP contribution in [0.1, 0.15) is 18.1 Å². The molecular weight excluding hydrogens is 326 g/mol. The lowest BCUT2D eigenvalue weighted by Gasteiger charge is -2.09. The van der Waals surface area contributed by atoms with Crippen molar-refractivity contribution in [1.29, 1.82) is 0 Å². The molecule has 1 atom stereocenters. The van der Waals surface area contributed by atoms with Crippen LogP contribution in [0.4, 0.5) is 5.69 Å². The Morgan fingerprint density at radius 1 is 1.29 bits per heavy atom. The molecule has 0 radical (unpaired) electrons. The number of nitrogens with one attached hydrogen (secondary N) is 1. The minimum Gasteiger partial charge on any atom is -0.272 e. The van der Waals surface area contributed by atoms with Crippen LogP contribution in [0.15, 0.2) is 59.7 Å².